The molecule has 0 spiro atoms. The number of aliphatic carboxylic acids is 2. The second-order valence-electron chi connectivity index (χ2n) is 5.54. The Morgan fingerprint density at radius 1 is 0.909 bits per heavy atom. The molecule has 128 valence electrons. The van der Waals surface area contributed by atoms with E-state index >= 15 is 0 Å². The van der Waals surface area contributed by atoms with Gasteiger partial charge in [-0.2, -0.15) is 0 Å². The van der Waals surface area contributed by atoms with Gasteiger partial charge in [-0.05, 0) is 25.2 Å². The number of hydrogen-bond acceptors (Lipinski definition) is 2. The van der Waals surface area contributed by atoms with Crippen molar-refractivity contribution < 1.29 is 19.8 Å². The zero-order valence-corrected chi connectivity index (χ0v) is 14.4. The molecule has 0 aliphatic heterocycles. The Kier molecular flexibility index (Phi) is 14.8. The van der Waals surface area contributed by atoms with Crippen molar-refractivity contribution in [2.75, 3.05) is 0 Å². The molecular formula is C18H32O4. The molecule has 0 fully saturated rings. The van der Waals surface area contributed by atoms with Gasteiger partial charge in [-0.15, -0.1) is 0 Å². The SMILES string of the molecule is C=C(CC(CC)CCCC)C(=O)O.C=C(CCCC)C(=O)O. The Morgan fingerprint density at radius 2 is 1.41 bits per heavy atom. The van der Waals surface area contributed by atoms with Gasteiger partial charge in [0.25, 0.3) is 0 Å². The van der Waals surface area contributed by atoms with Crippen LogP contribution in [0.2, 0.25) is 0 Å². The Hall–Kier alpha value is -1.58. The molecule has 2 N–H and O–H groups in total. The number of hydrogen-bond donors (Lipinski definition) is 2. The van der Waals surface area contributed by atoms with Crippen molar-refractivity contribution in [2.24, 2.45) is 5.92 Å². The number of unbranched alkanes of at least 4 members (excludes halogenated alkanes) is 2. The molecule has 4 nitrogen and oxygen atoms in total. The fraction of sp³-hybridized carbons (Fsp3) is 0.667. The molecule has 22 heavy (non-hydrogen) atoms. The number of rotatable bonds is 11. The van der Waals surface area contributed by atoms with Gasteiger partial charge in [-0.3, -0.25) is 0 Å². The molecule has 0 saturated carbocycles. The third-order valence-electron chi connectivity index (χ3n) is 3.52. The smallest absolute Gasteiger partial charge is 0.330 e. The van der Waals surface area contributed by atoms with E-state index in [2.05, 4.69) is 27.0 Å². The molecule has 0 rings (SSSR count). The monoisotopic (exact) mass is 312 g/mol. The number of carboxylic acid groups (broad SMARTS) is 2. The van der Waals surface area contributed by atoms with Crippen LogP contribution in [-0.2, 0) is 9.59 Å². The minimum absolute atomic E-state index is 0.317. The van der Waals surface area contributed by atoms with E-state index in [0.29, 0.717) is 29.9 Å². The van der Waals surface area contributed by atoms with Crippen LogP contribution in [0.4, 0.5) is 0 Å². The van der Waals surface area contributed by atoms with Crippen LogP contribution < -0.4 is 0 Å². The first kappa shape index (κ1) is 22.7. The molecule has 0 bridgehead atoms. The third-order valence-corrected chi connectivity index (χ3v) is 3.52. The highest BCUT2D eigenvalue weighted by Gasteiger charge is 2.11. The van der Waals surface area contributed by atoms with Crippen LogP contribution in [-0.4, -0.2) is 22.2 Å². The van der Waals surface area contributed by atoms with Crippen molar-refractivity contribution in [3.63, 3.8) is 0 Å². The normalized spacial score (nSPS) is 11.0. The predicted octanol–water partition coefficient (Wildman–Crippen LogP) is 5.05. The van der Waals surface area contributed by atoms with E-state index in [1.54, 1.807) is 0 Å². The largest absolute Gasteiger partial charge is 0.478 e. The summed E-state index contributed by atoms with van der Waals surface area (Å²) >= 11 is 0. The first-order valence-corrected chi connectivity index (χ1v) is 8.12. The Labute approximate surface area is 134 Å². The molecule has 0 aromatic heterocycles. The molecule has 1 atom stereocenters. The third kappa shape index (κ3) is 13.4. The topological polar surface area (TPSA) is 74.6 Å². The average Bonchev–Trinajstić information content (AvgIpc) is 2.48. The van der Waals surface area contributed by atoms with Crippen molar-refractivity contribution >= 4 is 11.9 Å². The van der Waals surface area contributed by atoms with Crippen LogP contribution in [0, 0.1) is 5.92 Å². The Bertz CT molecular complexity index is 358. The lowest BCUT2D eigenvalue weighted by Crippen LogP contribution is -2.06. The van der Waals surface area contributed by atoms with Crippen molar-refractivity contribution in [1.82, 2.24) is 0 Å². The van der Waals surface area contributed by atoms with E-state index in [1.807, 2.05) is 6.92 Å². The molecule has 0 saturated heterocycles. The molecule has 4 heteroatoms. The molecule has 0 aromatic rings. The highest BCUT2D eigenvalue weighted by molar-refractivity contribution is 5.86. The Balaban J connectivity index is 0. The summed E-state index contributed by atoms with van der Waals surface area (Å²) in [6, 6.07) is 0. The quantitative estimate of drug-likeness (QED) is 0.523. The molecule has 0 aliphatic rings. The number of carbonyl (C=O) groups is 2. The summed E-state index contributed by atoms with van der Waals surface area (Å²) in [5, 5.41) is 17.0. The summed E-state index contributed by atoms with van der Waals surface area (Å²) in [5.74, 6) is -1.22. The maximum atomic E-state index is 10.5. The average molecular weight is 312 g/mol. The lowest BCUT2D eigenvalue weighted by Gasteiger charge is -2.13. The summed E-state index contributed by atoms with van der Waals surface area (Å²) in [7, 11) is 0. The first-order chi connectivity index (χ1) is 10.3. The Morgan fingerprint density at radius 3 is 1.77 bits per heavy atom. The van der Waals surface area contributed by atoms with Crippen LogP contribution in [0.25, 0.3) is 0 Å². The molecule has 0 heterocycles. The minimum Gasteiger partial charge on any atom is -0.478 e. The molecule has 0 aliphatic carbocycles. The van der Waals surface area contributed by atoms with E-state index in [4.69, 9.17) is 10.2 Å². The summed E-state index contributed by atoms with van der Waals surface area (Å²) in [5.41, 5.74) is 0.666. The van der Waals surface area contributed by atoms with E-state index in [9.17, 15) is 9.59 Å². The second kappa shape index (κ2) is 14.4. The lowest BCUT2D eigenvalue weighted by atomic mass is 9.92. The molecule has 1 unspecified atom stereocenters. The van der Waals surface area contributed by atoms with E-state index < -0.39 is 11.9 Å². The summed E-state index contributed by atoms with van der Waals surface area (Å²) in [6.45, 7) is 13.2. The van der Waals surface area contributed by atoms with Crippen molar-refractivity contribution in [2.45, 2.75) is 72.1 Å². The van der Waals surface area contributed by atoms with Crippen LogP contribution in [0.15, 0.2) is 24.3 Å². The van der Waals surface area contributed by atoms with Gasteiger partial charge < -0.3 is 10.2 Å². The van der Waals surface area contributed by atoms with Gasteiger partial charge in [-0.1, -0.05) is 66.0 Å². The van der Waals surface area contributed by atoms with Crippen molar-refractivity contribution in [3.05, 3.63) is 24.3 Å². The van der Waals surface area contributed by atoms with Gasteiger partial charge in [-0.25, -0.2) is 9.59 Å². The van der Waals surface area contributed by atoms with Gasteiger partial charge >= 0.3 is 11.9 Å². The fourth-order valence-corrected chi connectivity index (χ4v) is 1.88. The number of carboxylic acids is 2. The molecule has 0 amide bonds. The van der Waals surface area contributed by atoms with Crippen LogP contribution in [0.5, 0.6) is 0 Å². The lowest BCUT2D eigenvalue weighted by molar-refractivity contribution is -0.133. The van der Waals surface area contributed by atoms with Crippen molar-refractivity contribution in [1.29, 1.82) is 0 Å². The van der Waals surface area contributed by atoms with Crippen LogP contribution in [0.3, 0.4) is 0 Å². The van der Waals surface area contributed by atoms with Gasteiger partial charge in [0, 0.05) is 11.1 Å². The minimum atomic E-state index is -0.872. The summed E-state index contributed by atoms with van der Waals surface area (Å²) < 4.78 is 0. The second-order valence-corrected chi connectivity index (χ2v) is 5.54. The first-order valence-electron chi connectivity index (χ1n) is 8.12. The molecule has 0 radical (unpaired) electrons. The molecular weight excluding hydrogens is 280 g/mol. The molecule has 0 aromatic carbocycles. The van der Waals surface area contributed by atoms with E-state index in [1.165, 1.54) is 12.8 Å². The van der Waals surface area contributed by atoms with Gasteiger partial charge in [0.05, 0.1) is 0 Å². The van der Waals surface area contributed by atoms with Crippen molar-refractivity contribution in [3.8, 4) is 0 Å². The highest BCUT2D eigenvalue weighted by atomic mass is 16.4. The standard InChI is InChI=1S/C11H20O2.C7H12O2/c1-4-6-7-10(5-2)8-9(3)11(12)13;1-3-4-5-6(2)7(8)9/h10H,3-8H2,1-2H3,(H,12,13);2-5H2,1H3,(H,8,9). The van der Waals surface area contributed by atoms with Crippen LogP contribution >= 0.6 is 0 Å². The van der Waals surface area contributed by atoms with Gasteiger partial charge in [0.2, 0.25) is 0 Å². The summed E-state index contributed by atoms with van der Waals surface area (Å²) in [6.07, 6.45) is 7.74. The zero-order valence-electron chi connectivity index (χ0n) is 14.4. The van der Waals surface area contributed by atoms with Crippen LogP contribution in [0.1, 0.15) is 72.1 Å². The maximum Gasteiger partial charge on any atom is 0.330 e. The van der Waals surface area contributed by atoms with E-state index in [0.717, 1.165) is 25.7 Å². The highest BCUT2D eigenvalue weighted by Crippen LogP contribution is 2.20. The van der Waals surface area contributed by atoms with Gasteiger partial charge in [0.1, 0.15) is 0 Å². The zero-order chi connectivity index (χ0) is 17.5. The fourth-order valence-electron chi connectivity index (χ4n) is 1.88. The van der Waals surface area contributed by atoms with E-state index in [-0.39, 0.29) is 0 Å². The van der Waals surface area contributed by atoms with Gasteiger partial charge in [0.15, 0.2) is 0 Å². The summed E-state index contributed by atoms with van der Waals surface area (Å²) in [4.78, 5) is 20.6. The predicted molar refractivity (Wildman–Crippen MR) is 91.0 cm³/mol. The maximum absolute atomic E-state index is 10.5.